The number of hydrogen-bond donors (Lipinski definition) is 2. The van der Waals surface area contributed by atoms with Crippen LogP contribution in [0.2, 0.25) is 0 Å². The lowest BCUT2D eigenvalue weighted by Gasteiger charge is -2.13. The Labute approximate surface area is 197 Å². The summed E-state index contributed by atoms with van der Waals surface area (Å²) in [7, 11) is 3.07. The van der Waals surface area contributed by atoms with Crippen LogP contribution < -0.4 is 20.1 Å². The summed E-state index contributed by atoms with van der Waals surface area (Å²) in [6.07, 6.45) is 1.93. The van der Waals surface area contributed by atoms with Crippen molar-refractivity contribution < 1.29 is 23.9 Å². The number of para-hydroxylation sites is 1. The van der Waals surface area contributed by atoms with E-state index in [1.165, 1.54) is 7.11 Å². The molecule has 0 radical (unpaired) electrons. The SMILES string of the molecule is COc1ccc(/C=C2/SC(=O)N(CCNC(=O)CCNc3ccccc3C)C2=O)cc1OC. The fraction of sp³-hybridized carbons (Fsp3) is 0.292. The number of rotatable bonds is 10. The predicted octanol–water partition coefficient (Wildman–Crippen LogP) is 3.67. The number of imide groups is 1. The first-order chi connectivity index (χ1) is 15.9. The maximum absolute atomic E-state index is 12.7. The molecule has 2 aromatic rings. The third kappa shape index (κ3) is 6.29. The average Bonchev–Trinajstić information content (AvgIpc) is 3.07. The Morgan fingerprint density at radius 1 is 1.06 bits per heavy atom. The van der Waals surface area contributed by atoms with E-state index in [4.69, 9.17) is 9.47 Å². The molecule has 1 aliphatic heterocycles. The minimum Gasteiger partial charge on any atom is -0.493 e. The van der Waals surface area contributed by atoms with E-state index in [1.807, 2.05) is 31.2 Å². The summed E-state index contributed by atoms with van der Waals surface area (Å²) in [5, 5.41) is 5.63. The molecule has 0 bridgehead atoms. The summed E-state index contributed by atoms with van der Waals surface area (Å²) in [5.41, 5.74) is 2.82. The van der Waals surface area contributed by atoms with Gasteiger partial charge < -0.3 is 20.1 Å². The Balaban J connectivity index is 1.48. The molecule has 0 aliphatic carbocycles. The van der Waals surface area contributed by atoms with Crippen molar-refractivity contribution in [1.29, 1.82) is 0 Å². The zero-order valence-corrected chi connectivity index (χ0v) is 19.7. The molecule has 3 amide bonds. The van der Waals surface area contributed by atoms with Gasteiger partial charge in [-0.15, -0.1) is 0 Å². The van der Waals surface area contributed by atoms with Crippen molar-refractivity contribution in [3.05, 3.63) is 58.5 Å². The molecule has 0 unspecified atom stereocenters. The minimum atomic E-state index is -0.379. The third-order valence-electron chi connectivity index (χ3n) is 5.05. The molecule has 1 saturated heterocycles. The van der Waals surface area contributed by atoms with Gasteiger partial charge >= 0.3 is 0 Å². The van der Waals surface area contributed by atoms with Gasteiger partial charge in [0, 0.05) is 31.7 Å². The molecule has 9 heteroatoms. The zero-order valence-electron chi connectivity index (χ0n) is 18.8. The van der Waals surface area contributed by atoms with Crippen LogP contribution in [-0.4, -0.2) is 55.8 Å². The van der Waals surface area contributed by atoms with Crippen LogP contribution in [0.4, 0.5) is 10.5 Å². The molecular weight excluding hydrogens is 442 g/mol. The highest BCUT2D eigenvalue weighted by molar-refractivity contribution is 8.18. The third-order valence-corrected chi connectivity index (χ3v) is 5.96. The molecule has 0 aromatic heterocycles. The molecule has 1 heterocycles. The lowest BCUT2D eigenvalue weighted by atomic mass is 10.2. The number of anilines is 1. The summed E-state index contributed by atoms with van der Waals surface area (Å²) in [5.74, 6) is 0.580. The summed E-state index contributed by atoms with van der Waals surface area (Å²) in [6, 6.07) is 13.1. The van der Waals surface area contributed by atoms with Gasteiger partial charge in [-0.3, -0.25) is 19.3 Å². The number of methoxy groups -OCH3 is 2. The highest BCUT2D eigenvalue weighted by Crippen LogP contribution is 2.34. The van der Waals surface area contributed by atoms with Gasteiger partial charge in [0.1, 0.15) is 0 Å². The van der Waals surface area contributed by atoms with Crippen LogP contribution in [-0.2, 0) is 9.59 Å². The minimum absolute atomic E-state index is 0.116. The highest BCUT2D eigenvalue weighted by atomic mass is 32.2. The van der Waals surface area contributed by atoms with Gasteiger partial charge in [0.05, 0.1) is 19.1 Å². The van der Waals surface area contributed by atoms with E-state index in [0.29, 0.717) is 28.5 Å². The summed E-state index contributed by atoms with van der Waals surface area (Å²) >= 11 is 0.875. The smallest absolute Gasteiger partial charge is 0.293 e. The molecular formula is C24H27N3O5S. The number of thioether (sulfide) groups is 1. The molecule has 2 aromatic carbocycles. The Kier molecular flexibility index (Phi) is 8.37. The molecule has 174 valence electrons. The molecule has 1 fully saturated rings. The number of hydrogen-bond acceptors (Lipinski definition) is 7. The number of carbonyl (C=O) groups excluding carboxylic acids is 3. The predicted molar refractivity (Wildman–Crippen MR) is 130 cm³/mol. The highest BCUT2D eigenvalue weighted by Gasteiger charge is 2.34. The number of nitrogens with zero attached hydrogens (tertiary/aromatic N) is 1. The normalized spacial score (nSPS) is 14.5. The number of nitrogens with one attached hydrogen (secondary N) is 2. The van der Waals surface area contributed by atoms with E-state index in [-0.39, 0.29) is 36.6 Å². The summed E-state index contributed by atoms with van der Waals surface area (Å²) in [4.78, 5) is 38.5. The second kappa shape index (κ2) is 11.4. The molecule has 3 rings (SSSR count). The quantitative estimate of drug-likeness (QED) is 0.513. The van der Waals surface area contributed by atoms with E-state index in [9.17, 15) is 14.4 Å². The van der Waals surface area contributed by atoms with E-state index in [0.717, 1.165) is 27.9 Å². The number of carbonyl (C=O) groups is 3. The number of benzene rings is 2. The van der Waals surface area contributed by atoms with Crippen molar-refractivity contribution in [2.24, 2.45) is 0 Å². The zero-order chi connectivity index (χ0) is 23.8. The molecule has 2 N–H and O–H groups in total. The second-order valence-corrected chi connectivity index (χ2v) is 8.28. The van der Waals surface area contributed by atoms with Gasteiger partial charge in [-0.25, -0.2) is 0 Å². The van der Waals surface area contributed by atoms with Gasteiger partial charge in [0.15, 0.2) is 11.5 Å². The number of ether oxygens (including phenoxy) is 2. The van der Waals surface area contributed by atoms with Gasteiger partial charge in [-0.2, -0.15) is 0 Å². The van der Waals surface area contributed by atoms with Crippen LogP contribution in [0.3, 0.4) is 0 Å². The summed E-state index contributed by atoms with van der Waals surface area (Å²) < 4.78 is 10.5. The van der Waals surface area contributed by atoms with Crippen LogP contribution in [0, 0.1) is 6.92 Å². The van der Waals surface area contributed by atoms with Crippen LogP contribution in [0.25, 0.3) is 6.08 Å². The largest absolute Gasteiger partial charge is 0.493 e. The van der Waals surface area contributed by atoms with Crippen molar-refractivity contribution in [2.45, 2.75) is 13.3 Å². The van der Waals surface area contributed by atoms with E-state index >= 15 is 0 Å². The molecule has 0 spiro atoms. The van der Waals surface area contributed by atoms with Gasteiger partial charge in [0.25, 0.3) is 11.1 Å². The van der Waals surface area contributed by atoms with Crippen LogP contribution in [0.5, 0.6) is 11.5 Å². The van der Waals surface area contributed by atoms with Crippen LogP contribution >= 0.6 is 11.8 Å². The Morgan fingerprint density at radius 2 is 1.82 bits per heavy atom. The van der Waals surface area contributed by atoms with Crippen molar-refractivity contribution in [3.8, 4) is 11.5 Å². The molecule has 33 heavy (non-hydrogen) atoms. The van der Waals surface area contributed by atoms with Crippen molar-refractivity contribution >= 4 is 40.6 Å². The van der Waals surface area contributed by atoms with Crippen LogP contribution in [0.15, 0.2) is 47.4 Å². The first-order valence-electron chi connectivity index (χ1n) is 10.5. The molecule has 0 saturated carbocycles. The number of aryl methyl sites for hydroxylation is 1. The first-order valence-corrected chi connectivity index (χ1v) is 11.3. The molecule has 8 nitrogen and oxygen atoms in total. The monoisotopic (exact) mass is 469 g/mol. The molecule has 0 atom stereocenters. The van der Waals surface area contributed by atoms with E-state index in [2.05, 4.69) is 10.6 Å². The van der Waals surface area contributed by atoms with Crippen LogP contribution in [0.1, 0.15) is 17.5 Å². The van der Waals surface area contributed by atoms with Crippen molar-refractivity contribution in [1.82, 2.24) is 10.2 Å². The average molecular weight is 470 g/mol. The Hall–Kier alpha value is -3.46. The second-order valence-electron chi connectivity index (χ2n) is 7.29. The van der Waals surface area contributed by atoms with Gasteiger partial charge in [0.2, 0.25) is 5.91 Å². The van der Waals surface area contributed by atoms with Crippen molar-refractivity contribution in [3.63, 3.8) is 0 Å². The standard InChI is InChI=1S/C24H27N3O5S/c1-16-6-4-5-7-18(16)25-11-10-22(28)26-12-13-27-23(29)21(33-24(27)30)15-17-8-9-19(31-2)20(14-17)32-3/h4-9,14-15,25H,10-13H2,1-3H3,(H,26,28)/b21-15+. The Bertz CT molecular complexity index is 1070. The van der Waals surface area contributed by atoms with E-state index < -0.39 is 0 Å². The lowest BCUT2D eigenvalue weighted by Crippen LogP contribution is -2.37. The van der Waals surface area contributed by atoms with E-state index in [1.54, 1.807) is 31.4 Å². The summed E-state index contributed by atoms with van der Waals surface area (Å²) in [6.45, 7) is 2.81. The first kappa shape index (κ1) is 24.2. The maximum Gasteiger partial charge on any atom is 0.293 e. The molecule has 1 aliphatic rings. The van der Waals surface area contributed by atoms with Gasteiger partial charge in [-0.05, 0) is 54.1 Å². The van der Waals surface area contributed by atoms with Gasteiger partial charge in [-0.1, -0.05) is 24.3 Å². The lowest BCUT2D eigenvalue weighted by molar-refractivity contribution is -0.124. The topological polar surface area (TPSA) is 97.0 Å². The fourth-order valence-electron chi connectivity index (χ4n) is 3.26. The van der Waals surface area contributed by atoms with Crippen molar-refractivity contribution in [2.75, 3.05) is 39.2 Å². The Morgan fingerprint density at radius 3 is 2.55 bits per heavy atom. The fourth-order valence-corrected chi connectivity index (χ4v) is 4.13. The number of amides is 3. The maximum atomic E-state index is 12.7.